The predicted octanol–water partition coefficient (Wildman–Crippen LogP) is 0.328. The van der Waals surface area contributed by atoms with Crippen LogP contribution in [-0.4, -0.2) is 18.5 Å². The molecule has 0 aromatic rings. The molecule has 0 spiro atoms. The summed E-state index contributed by atoms with van der Waals surface area (Å²) in [6.45, 7) is 4.75. The van der Waals surface area contributed by atoms with E-state index >= 15 is 0 Å². The SMILES string of the molecule is CC1(C)COC=NN1. The Bertz CT molecular complexity index is 109. The van der Waals surface area contributed by atoms with Crippen LogP contribution in [0.5, 0.6) is 0 Å². The zero-order valence-electron chi connectivity index (χ0n) is 5.14. The fourth-order valence-electron chi connectivity index (χ4n) is 0.516. The summed E-state index contributed by atoms with van der Waals surface area (Å²) in [4.78, 5) is 0. The molecule has 1 N–H and O–H groups in total. The van der Waals surface area contributed by atoms with Crippen LogP contribution >= 0.6 is 0 Å². The molecule has 0 aromatic carbocycles. The van der Waals surface area contributed by atoms with Crippen LogP contribution in [0.2, 0.25) is 0 Å². The third kappa shape index (κ3) is 1.12. The average Bonchev–Trinajstić information content (AvgIpc) is 1.65. The molecule has 0 fully saturated rings. The fraction of sp³-hybridized carbons (Fsp3) is 0.800. The maximum absolute atomic E-state index is 4.93. The molecule has 3 heteroatoms. The first kappa shape index (κ1) is 5.41. The Balaban J connectivity index is 2.50. The van der Waals surface area contributed by atoms with Crippen LogP contribution in [0.1, 0.15) is 13.8 Å². The van der Waals surface area contributed by atoms with Gasteiger partial charge in [0.2, 0.25) is 0 Å². The second kappa shape index (κ2) is 1.65. The Kier molecular flexibility index (Phi) is 1.12. The molecule has 1 aliphatic rings. The Morgan fingerprint density at radius 1 is 1.75 bits per heavy atom. The molecule has 0 amide bonds. The van der Waals surface area contributed by atoms with Crippen molar-refractivity contribution in [1.82, 2.24) is 5.43 Å². The van der Waals surface area contributed by atoms with Crippen LogP contribution in [0.15, 0.2) is 5.10 Å². The monoisotopic (exact) mass is 114 g/mol. The highest BCUT2D eigenvalue weighted by Gasteiger charge is 2.18. The molecule has 0 aromatic heterocycles. The lowest BCUT2D eigenvalue weighted by atomic mass is 10.1. The van der Waals surface area contributed by atoms with Crippen molar-refractivity contribution in [3.05, 3.63) is 0 Å². The summed E-state index contributed by atoms with van der Waals surface area (Å²) < 4.78 is 4.93. The summed E-state index contributed by atoms with van der Waals surface area (Å²) in [5.41, 5.74) is 2.91. The smallest absolute Gasteiger partial charge is 0.192 e. The van der Waals surface area contributed by atoms with Crippen LogP contribution in [0.4, 0.5) is 0 Å². The van der Waals surface area contributed by atoms with E-state index in [2.05, 4.69) is 10.5 Å². The van der Waals surface area contributed by atoms with E-state index in [9.17, 15) is 0 Å². The molecular weight excluding hydrogens is 104 g/mol. The van der Waals surface area contributed by atoms with Gasteiger partial charge in [-0.3, -0.25) is 5.43 Å². The van der Waals surface area contributed by atoms with Gasteiger partial charge >= 0.3 is 0 Å². The minimum absolute atomic E-state index is 0.00868. The number of hydrogen-bond acceptors (Lipinski definition) is 3. The van der Waals surface area contributed by atoms with Crippen LogP contribution in [0.25, 0.3) is 0 Å². The molecule has 1 rings (SSSR count). The van der Waals surface area contributed by atoms with Crippen molar-refractivity contribution in [2.75, 3.05) is 6.61 Å². The molecule has 0 bridgehead atoms. The second-order valence-corrected chi connectivity index (χ2v) is 2.54. The van der Waals surface area contributed by atoms with Crippen LogP contribution in [-0.2, 0) is 4.74 Å². The number of nitrogens with one attached hydrogen (secondary N) is 1. The predicted molar refractivity (Wildman–Crippen MR) is 31.7 cm³/mol. The fourth-order valence-corrected chi connectivity index (χ4v) is 0.516. The zero-order valence-corrected chi connectivity index (χ0v) is 5.14. The maximum Gasteiger partial charge on any atom is 0.192 e. The van der Waals surface area contributed by atoms with Crippen LogP contribution in [0.3, 0.4) is 0 Å². The highest BCUT2D eigenvalue weighted by atomic mass is 16.5. The van der Waals surface area contributed by atoms with E-state index < -0.39 is 0 Å². The third-order valence-corrected chi connectivity index (χ3v) is 0.939. The summed E-state index contributed by atoms with van der Waals surface area (Å²) in [6.07, 6.45) is 1.42. The van der Waals surface area contributed by atoms with Crippen LogP contribution in [0, 0.1) is 0 Å². The van der Waals surface area contributed by atoms with E-state index in [-0.39, 0.29) is 5.54 Å². The lowest BCUT2D eigenvalue weighted by molar-refractivity contribution is 0.183. The average molecular weight is 114 g/mol. The van der Waals surface area contributed by atoms with Crippen LogP contribution < -0.4 is 5.43 Å². The lowest BCUT2D eigenvalue weighted by Crippen LogP contribution is -2.43. The first-order valence-electron chi connectivity index (χ1n) is 2.61. The Morgan fingerprint density at radius 2 is 2.50 bits per heavy atom. The van der Waals surface area contributed by atoms with Gasteiger partial charge in [0, 0.05) is 0 Å². The summed E-state index contributed by atoms with van der Waals surface area (Å²) in [5.74, 6) is 0. The molecule has 0 saturated heterocycles. The molecule has 0 atom stereocenters. The summed E-state index contributed by atoms with van der Waals surface area (Å²) in [7, 11) is 0. The molecule has 1 aliphatic heterocycles. The zero-order chi connectivity index (χ0) is 6.04. The lowest BCUT2D eigenvalue weighted by Gasteiger charge is -2.25. The molecule has 0 radical (unpaired) electrons. The largest absolute Gasteiger partial charge is 0.479 e. The molecule has 46 valence electrons. The van der Waals surface area contributed by atoms with E-state index in [1.165, 1.54) is 6.40 Å². The topological polar surface area (TPSA) is 33.6 Å². The van der Waals surface area contributed by atoms with E-state index in [0.29, 0.717) is 6.61 Å². The van der Waals surface area contributed by atoms with Gasteiger partial charge in [-0.1, -0.05) is 0 Å². The Morgan fingerprint density at radius 3 is 2.75 bits per heavy atom. The van der Waals surface area contributed by atoms with E-state index in [1.807, 2.05) is 13.8 Å². The molecule has 0 unspecified atom stereocenters. The highest BCUT2D eigenvalue weighted by Crippen LogP contribution is 2.03. The quantitative estimate of drug-likeness (QED) is 0.492. The van der Waals surface area contributed by atoms with Gasteiger partial charge in [-0.25, -0.2) is 0 Å². The Labute approximate surface area is 48.7 Å². The van der Waals surface area contributed by atoms with E-state index in [1.54, 1.807) is 0 Å². The molecule has 8 heavy (non-hydrogen) atoms. The third-order valence-electron chi connectivity index (χ3n) is 0.939. The molecule has 1 heterocycles. The van der Waals surface area contributed by atoms with Crippen molar-refractivity contribution in [3.8, 4) is 0 Å². The van der Waals surface area contributed by atoms with Gasteiger partial charge in [0.05, 0.1) is 5.54 Å². The van der Waals surface area contributed by atoms with Gasteiger partial charge in [-0.15, -0.1) is 5.10 Å². The van der Waals surface area contributed by atoms with Crippen molar-refractivity contribution >= 4 is 6.40 Å². The number of rotatable bonds is 0. The summed E-state index contributed by atoms with van der Waals surface area (Å²) in [5, 5.41) is 3.73. The van der Waals surface area contributed by atoms with Gasteiger partial charge in [0.1, 0.15) is 6.61 Å². The molecular formula is C5H10N2O. The molecule has 0 aliphatic carbocycles. The first-order chi connectivity index (χ1) is 3.71. The van der Waals surface area contributed by atoms with Crippen molar-refractivity contribution in [2.45, 2.75) is 19.4 Å². The summed E-state index contributed by atoms with van der Waals surface area (Å²) >= 11 is 0. The summed E-state index contributed by atoms with van der Waals surface area (Å²) in [6, 6.07) is 0. The first-order valence-corrected chi connectivity index (χ1v) is 2.61. The van der Waals surface area contributed by atoms with Crippen molar-refractivity contribution in [2.24, 2.45) is 5.10 Å². The van der Waals surface area contributed by atoms with Gasteiger partial charge < -0.3 is 4.74 Å². The van der Waals surface area contributed by atoms with Gasteiger partial charge in [0.25, 0.3) is 0 Å². The van der Waals surface area contributed by atoms with Gasteiger partial charge in [-0.05, 0) is 13.8 Å². The van der Waals surface area contributed by atoms with Crippen molar-refractivity contribution in [1.29, 1.82) is 0 Å². The van der Waals surface area contributed by atoms with Crippen molar-refractivity contribution < 1.29 is 4.74 Å². The second-order valence-electron chi connectivity index (χ2n) is 2.54. The van der Waals surface area contributed by atoms with Gasteiger partial charge in [-0.2, -0.15) is 0 Å². The number of nitrogens with zero attached hydrogens (tertiary/aromatic N) is 1. The minimum atomic E-state index is 0.00868. The van der Waals surface area contributed by atoms with Crippen molar-refractivity contribution in [3.63, 3.8) is 0 Å². The number of ether oxygens (including phenoxy) is 1. The molecule has 0 saturated carbocycles. The molecule has 3 nitrogen and oxygen atoms in total. The van der Waals surface area contributed by atoms with Gasteiger partial charge in [0.15, 0.2) is 6.40 Å². The Hall–Kier alpha value is -0.730. The number of hydrazone groups is 1. The van der Waals surface area contributed by atoms with E-state index in [4.69, 9.17) is 4.74 Å². The minimum Gasteiger partial charge on any atom is -0.479 e. The van der Waals surface area contributed by atoms with E-state index in [0.717, 1.165) is 0 Å². The maximum atomic E-state index is 4.93. The standard InChI is InChI=1S/C5H10N2O/c1-5(2)3-8-4-6-7-5/h4,7H,3H2,1-2H3. The number of hydrogen-bond donors (Lipinski definition) is 1. The normalized spacial score (nSPS) is 23.8. The highest BCUT2D eigenvalue weighted by molar-refractivity contribution is 5.46.